The van der Waals surface area contributed by atoms with E-state index in [1.54, 1.807) is 14.2 Å². The molecule has 33 heavy (non-hydrogen) atoms. The maximum Gasteiger partial charge on any atom is 0.252 e. The minimum atomic E-state index is -0.148. The number of ether oxygens (including phenoxy) is 2. The van der Waals surface area contributed by atoms with E-state index in [1.807, 2.05) is 55.5 Å². The van der Waals surface area contributed by atoms with Gasteiger partial charge in [0, 0.05) is 10.9 Å². The number of aryl methyl sites for hydroxylation is 2. The summed E-state index contributed by atoms with van der Waals surface area (Å²) < 4.78 is 11.0. The first-order chi connectivity index (χ1) is 15.9. The molecule has 0 bridgehead atoms. The van der Waals surface area contributed by atoms with Crippen LogP contribution in [0.4, 0.5) is 0 Å². The summed E-state index contributed by atoms with van der Waals surface area (Å²) in [6.45, 7) is 6.13. The smallest absolute Gasteiger partial charge is 0.252 e. The van der Waals surface area contributed by atoms with Gasteiger partial charge in [-0.2, -0.15) is 0 Å². The number of hydrogen-bond donors (Lipinski definition) is 1. The van der Waals surface area contributed by atoms with Gasteiger partial charge in [0.1, 0.15) is 11.5 Å². The van der Waals surface area contributed by atoms with Crippen molar-refractivity contribution in [3.05, 3.63) is 89.0 Å². The predicted octanol–water partition coefficient (Wildman–Crippen LogP) is 6.03. The first-order valence-corrected chi connectivity index (χ1v) is 10.9. The van der Waals surface area contributed by atoms with Crippen LogP contribution in [0.25, 0.3) is 22.2 Å². The molecule has 0 radical (unpaired) electrons. The van der Waals surface area contributed by atoms with Crippen LogP contribution in [0.5, 0.6) is 11.5 Å². The van der Waals surface area contributed by atoms with Crippen LogP contribution < -0.4 is 14.8 Å². The summed E-state index contributed by atoms with van der Waals surface area (Å²) in [5.41, 5.74) is 6.14. The number of pyridine rings is 1. The van der Waals surface area contributed by atoms with Crippen molar-refractivity contribution in [3.63, 3.8) is 0 Å². The van der Waals surface area contributed by atoms with Gasteiger partial charge < -0.3 is 14.8 Å². The Kier molecular flexibility index (Phi) is 6.31. The molecule has 3 aromatic carbocycles. The van der Waals surface area contributed by atoms with Crippen LogP contribution in [0.15, 0.2) is 66.7 Å². The van der Waals surface area contributed by atoms with E-state index in [-0.39, 0.29) is 11.9 Å². The molecular weight excluding hydrogens is 412 g/mol. The summed E-state index contributed by atoms with van der Waals surface area (Å²) in [5, 5.41) is 3.98. The van der Waals surface area contributed by atoms with E-state index in [2.05, 4.69) is 37.4 Å². The highest BCUT2D eigenvalue weighted by Gasteiger charge is 2.19. The van der Waals surface area contributed by atoms with Crippen LogP contribution in [0.1, 0.15) is 40.0 Å². The van der Waals surface area contributed by atoms with Crippen LogP contribution in [0.2, 0.25) is 0 Å². The molecule has 168 valence electrons. The Bertz CT molecular complexity index is 1330. The Hall–Kier alpha value is -3.86. The monoisotopic (exact) mass is 440 g/mol. The van der Waals surface area contributed by atoms with Crippen LogP contribution in [-0.2, 0) is 0 Å². The Balaban J connectivity index is 1.79. The third kappa shape index (κ3) is 4.53. The fourth-order valence-electron chi connectivity index (χ4n) is 4.09. The van der Waals surface area contributed by atoms with Gasteiger partial charge in [-0.15, -0.1) is 0 Å². The lowest BCUT2D eigenvalue weighted by Gasteiger charge is -2.19. The van der Waals surface area contributed by atoms with Gasteiger partial charge in [-0.3, -0.25) is 4.79 Å². The SMILES string of the molecule is COc1ccc(OC)c(-c2cc(C(=O)N[C@@H](C)c3cc(C)ccc3C)c3ccccc3n2)c1. The van der Waals surface area contributed by atoms with Crippen molar-refractivity contribution >= 4 is 16.8 Å². The number of nitrogens with one attached hydrogen (secondary N) is 1. The molecular formula is C28H28N2O3. The van der Waals surface area contributed by atoms with Crippen molar-refractivity contribution in [2.24, 2.45) is 0 Å². The van der Waals surface area contributed by atoms with Gasteiger partial charge in [0.15, 0.2) is 0 Å². The number of rotatable bonds is 6. The van der Waals surface area contributed by atoms with Gasteiger partial charge in [0.25, 0.3) is 5.91 Å². The topological polar surface area (TPSA) is 60.5 Å². The summed E-state index contributed by atoms with van der Waals surface area (Å²) in [6, 6.07) is 21.2. The van der Waals surface area contributed by atoms with Crippen molar-refractivity contribution in [1.82, 2.24) is 10.3 Å². The fraction of sp³-hybridized carbons (Fsp3) is 0.214. The van der Waals surface area contributed by atoms with Crippen molar-refractivity contribution < 1.29 is 14.3 Å². The van der Waals surface area contributed by atoms with Crippen molar-refractivity contribution in [3.8, 4) is 22.8 Å². The van der Waals surface area contributed by atoms with E-state index in [0.717, 1.165) is 27.6 Å². The Labute approximate surface area is 194 Å². The number of nitrogens with zero attached hydrogens (tertiary/aromatic N) is 1. The van der Waals surface area contributed by atoms with Gasteiger partial charge >= 0.3 is 0 Å². The Morgan fingerprint density at radius 1 is 0.939 bits per heavy atom. The van der Waals surface area contributed by atoms with E-state index < -0.39 is 0 Å². The second kappa shape index (κ2) is 9.33. The molecule has 4 aromatic rings. The number of para-hydroxylation sites is 1. The highest BCUT2D eigenvalue weighted by Crippen LogP contribution is 2.34. The zero-order valence-electron chi connectivity index (χ0n) is 19.6. The lowest BCUT2D eigenvalue weighted by molar-refractivity contribution is 0.0941. The van der Waals surface area contributed by atoms with Gasteiger partial charge in [-0.05, 0) is 62.2 Å². The molecule has 0 aliphatic carbocycles. The molecule has 0 aliphatic heterocycles. The zero-order valence-corrected chi connectivity index (χ0v) is 19.6. The second-order valence-electron chi connectivity index (χ2n) is 8.19. The predicted molar refractivity (Wildman–Crippen MR) is 132 cm³/mol. The second-order valence-corrected chi connectivity index (χ2v) is 8.19. The molecule has 1 atom stereocenters. The number of carbonyl (C=O) groups is 1. The Morgan fingerprint density at radius 3 is 2.48 bits per heavy atom. The molecule has 5 nitrogen and oxygen atoms in total. The molecule has 1 amide bonds. The van der Waals surface area contributed by atoms with E-state index in [0.29, 0.717) is 22.8 Å². The van der Waals surface area contributed by atoms with Crippen molar-refractivity contribution in [2.45, 2.75) is 26.8 Å². The van der Waals surface area contributed by atoms with Gasteiger partial charge in [0.2, 0.25) is 0 Å². The van der Waals surface area contributed by atoms with Crippen molar-refractivity contribution in [2.75, 3.05) is 14.2 Å². The summed E-state index contributed by atoms with van der Waals surface area (Å²) >= 11 is 0. The summed E-state index contributed by atoms with van der Waals surface area (Å²) in [5.74, 6) is 1.20. The molecule has 0 saturated heterocycles. The van der Waals surface area contributed by atoms with E-state index in [9.17, 15) is 4.79 Å². The third-order valence-corrected chi connectivity index (χ3v) is 5.89. The Morgan fingerprint density at radius 2 is 1.73 bits per heavy atom. The molecule has 0 unspecified atom stereocenters. The van der Waals surface area contributed by atoms with Crippen LogP contribution in [0.3, 0.4) is 0 Å². The molecule has 5 heteroatoms. The molecule has 0 saturated carbocycles. The minimum absolute atomic E-state index is 0.140. The number of aromatic nitrogens is 1. The molecule has 4 rings (SSSR count). The lowest BCUT2D eigenvalue weighted by Crippen LogP contribution is -2.27. The van der Waals surface area contributed by atoms with Crippen LogP contribution in [-0.4, -0.2) is 25.1 Å². The fourth-order valence-corrected chi connectivity index (χ4v) is 4.09. The summed E-state index contributed by atoms with van der Waals surface area (Å²) in [7, 11) is 3.23. The number of methoxy groups -OCH3 is 2. The molecule has 1 heterocycles. The largest absolute Gasteiger partial charge is 0.497 e. The molecule has 1 N–H and O–H groups in total. The first kappa shape index (κ1) is 22.3. The average Bonchev–Trinajstić information content (AvgIpc) is 2.84. The van der Waals surface area contributed by atoms with E-state index >= 15 is 0 Å². The summed E-state index contributed by atoms with van der Waals surface area (Å²) in [4.78, 5) is 18.3. The summed E-state index contributed by atoms with van der Waals surface area (Å²) in [6.07, 6.45) is 0. The average molecular weight is 441 g/mol. The van der Waals surface area contributed by atoms with Crippen LogP contribution >= 0.6 is 0 Å². The number of benzene rings is 3. The van der Waals surface area contributed by atoms with Crippen LogP contribution in [0, 0.1) is 13.8 Å². The number of amides is 1. The van der Waals surface area contributed by atoms with Crippen molar-refractivity contribution in [1.29, 1.82) is 0 Å². The van der Waals surface area contributed by atoms with E-state index in [4.69, 9.17) is 14.5 Å². The van der Waals surface area contributed by atoms with Gasteiger partial charge in [-0.25, -0.2) is 4.98 Å². The molecule has 0 aliphatic rings. The number of carbonyl (C=O) groups excluding carboxylic acids is 1. The van der Waals surface area contributed by atoms with Gasteiger partial charge in [-0.1, -0.05) is 42.0 Å². The molecule has 0 spiro atoms. The van der Waals surface area contributed by atoms with Gasteiger partial charge in [0.05, 0.1) is 37.0 Å². The maximum atomic E-state index is 13.5. The highest BCUT2D eigenvalue weighted by molar-refractivity contribution is 6.07. The highest BCUT2D eigenvalue weighted by atomic mass is 16.5. The maximum absolute atomic E-state index is 13.5. The standard InChI is InChI=1S/C28H28N2O3/c1-17-10-11-18(2)22(14-17)19(3)29-28(31)23-16-26(30-25-9-7-6-8-21(23)25)24-15-20(32-4)12-13-27(24)33-5/h6-16,19H,1-5H3,(H,29,31)/t19-/m0/s1. The number of hydrogen-bond acceptors (Lipinski definition) is 4. The third-order valence-electron chi connectivity index (χ3n) is 5.89. The quantitative estimate of drug-likeness (QED) is 0.398. The zero-order chi connectivity index (χ0) is 23.5. The molecule has 0 fully saturated rings. The van der Waals surface area contributed by atoms with E-state index in [1.165, 1.54) is 5.56 Å². The minimum Gasteiger partial charge on any atom is -0.497 e. The lowest BCUT2D eigenvalue weighted by atomic mass is 9.99. The number of fused-ring (bicyclic) bond motifs is 1. The normalized spacial score (nSPS) is 11.8. The molecule has 1 aromatic heterocycles. The first-order valence-electron chi connectivity index (χ1n) is 10.9.